The number of carbonyl (C=O) groups is 2. The van der Waals surface area contributed by atoms with Crippen LogP contribution >= 0.6 is 11.3 Å². The van der Waals surface area contributed by atoms with Gasteiger partial charge in [0.2, 0.25) is 11.8 Å². The average molecular weight is 376 g/mol. The Kier molecular flexibility index (Phi) is 7.33. The summed E-state index contributed by atoms with van der Waals surface area (Å²) in [4.78, 5) is 29.3. The summed E-state index contributed by atoms with van der Waals surface area (Å²) in [5.74, 6) is -0.520. The topological polar surface area (TPSA) is 40.6 Å². The predicted molar refractivity (Wildman–Crippen MR) is 102 cm³/mol. The zero-order valence-electron chi connectivity index (χ0n) is 15.4. The number of rotatable bonds is 8. The number of benzene rings is 1. The standard InChI is InChI=1S/C20H25FN2O2S/c1-4-15(2)23(16(3)24)14-20(25)22(13-19-6-5-11-26-19)12-17-7-9-18(21)10-8-17/h5-11,15H,4,12-14H2,1-3H3/t15-/m1/s1. The van der Waals surface area contributed by atoms with E-state index < -0.39 is 0 Å². The van der Waals surface area contributed by atoms with Crippen LogP contribution in [0.2, 0.25) is 0 Å². The van der Waals surface area contributed by atoms with Crippen LogP contribution in [0, 0.1) is 5.82 Å². The first kappa shape index (κ1) is 20.1. The van der Waals surface area contributed by atoms with E-state index in [0.717, 1.165) is 16.9 Å². The second-order valence-corrected chi connectivity index (χ2v) is 7.39. The highest BCUT2D eigenvalue weighted by Gasteiger charge is 2.23. The fourth-order valence-electron chi connectivity index (χ4n) is 2.68. The lowest BCUT2D eigenvalue weighted by atomic mass is 10.2. The van der Waals surface area contributed by atoms with Crippen LogP contribution in [0.1, 0.15) is 37.6 Å². The SMILES string of the molecule is CC[C@@H](C)N(CC(=O)N(Cc1ccc(F)cc1)Cc1cccs1)C(C)=O. The largest absolute Gasteiger partial charge is 0.332 e. The van der Waals surface area contributed by atoms with Gasteiger partial charge < -0.3 is 9.80 Å². The Labute approximate surface area is 158 Å². The minimum Gasteiger partial charge on any atom is -0.332 e. The normalized spacial score (nSPS) is 11.8. The quantitative estimate of drug-likeness (QED) is 0.697. The van der Waals surface area contributed by atoms with Crippen molar-refractivity contribution < 1.29 is 14.0 Å². The van der Waals surface area contributed by atoms with Crippen molar-refractivity contribution in [1.29, 1.82) is 0 Å². The highest BCUT2D eigenvalue weighted by atomic mass is 32.1. The maximum atomic E-state index is 13.2. The van der Waals surface area contributed by atoms with E-state index in [1.165, 1.54) is 19.1 Å². The van der Waals surface area contributed by atoms with Gasteiger partial charge in [-0.15, -0.1) is 11.3 Å². The molecule has 6 heteroatoms. The summed E-state index contributed by atoms with van der Waals surface area (Å²) in [6, 6.07) is 10.1. The van der Waals surface area contributed by atoms with Crippen LogP contribution in [-0.4, -0.2) is 34.2 Å². The molecule has 0 N–H and O–H groups in total. The first-order valence-electron chi connectivity index (χ1n) is 8.72. The number of nitrogens with zero attached hydrogens (tertiary/aromatic N) is 2. The Hall–Kier alpha value is -2.21. The summed E-state index contributed by atoms with van der Waals surface area (Å²) >= 11 is 1.58. The van der Waals surface area contributed by atoms with Crippen LogP contribution in [0.3, 0.4) is 0 Å². The molecule has 2 aromatic rings. The summed E-state index contributed by atoms with van der Waals surface area (Å²) in [5.41, 5.74) is 0.856. The molecule has 0 aliphatic rings. The molecule has 0 fully saturated rings. The second kappa shape index (κ2) is 9.48. The van der Waals surface area contributed by atoms with E-state index in [4.69, 9.17) is 0 Å². The maximum Gasteiger partial charge on any atom is 0.242 e. The van der Waals surface area contributed by atoms with Crippen molar-refractivity contribution in [3.8, 4) is 0 Å². The summed E-state index contributed by atoms with van der Waals surface area (Å²) in [7, 11) is 0. The number of carbonyl (C=O) groups excluding carboxylic acids is 2. The van der Waals surface area contributed by atoms with Crippen LogP contribution in [0.25, 0.3) is 0 Å². The lowest BCUT2D eigenvalue weighted by Crippen LogP contribution is -2.45. The molecule has 0 bridgehead atoms. The highest BCUT2D eigenvalue weighted by molar-refractivity contribution is 7.09. The van der Waals surface area contributed by atoms with Crippen LogP contribution in [-0.2, 0) is 22.7 Å². The first-order chi connectivity index (χ1) is 12.4. The van der Waals surface area contributed by atoms with Gasteiger partial charge in [-0.25, -0.2) is 4.39 Å². The molecule has 140 valence electrons. The van der Waals surface area contributed by atoms with E-state index in [1.54, 1.807) is 33.3 Å². The summed E-state index contributed by atoms with van der Waals surface area (Å²) in [6.07, 6.45) is 0.787. The Bertz CT molecular complexity index is 716. The smallest absolute Gasteiger partial charge is 0.242 e. The molecular formula is C20H25FN2O2S. The van der Waals surface area contributed by atoms with Gasteiger partial charge in [0, 0.05) is 24.4 Å². The highest BCUT2D eigenvalue weighted by Crippen LogP contribution is 2.16. The summed E-state index contributed by atoms with van der Waals surface area (Å²) in [6.45, 7) is 6.33. The molecule has 1 atom stereocenters. The fraction of sp³-hybridized carbons (Fsp3) is 0.400. The van der Waals surface area contributed by atoms with Gasteiger partial charge in [0.05, 0.1) is 13.1 Å². The van der Waals surface area contributed by atoms with Crippen LogP contribution in [0.15, 0.2) is 41.8 Å². The third kappa shape index (κ3) is 5.66. The molecule has 1 aromatic heterocycles. The van der Waals surface area contributed by atoms with E-state index in [2.05, 4.69) is 0 Å². The molecule has 0 aliphatic heterocycles. The minimum atomic E-state index is -0.301. The van der Waals surface area contributed by atoms with Crippen LogP contribution < -0.4 is 0 Å². The van der Waals surface area contributed by atoms with Crippen molar-refractivity contribution in [3.63, 3.8) is 0 Å². The summed E-state index contributed by atoms with van der Waals surface area (Å²) in [5, 5.41) is 1.97. The minimum absolute atomic E-state index is 0.00542. The van der Waals surface area contributed by atoms with Crippen molar-refractivity contribution in [2.24, 2.45) is 0 Å². The predicted octanol–water partition coefficient (Wildman–Crippen LogP) is 4.06. The molecule has 1 heterocycles. The first-order valence-corrected chi connectivity index (χ1v) is 9.60. The molecule has 0 saturated carbocycles. The molecule has 0 radical (unpaired) electrons. The number of thiophene rings is 1. The van der Waals surface area contributed by atoms with Crippen molar-refractivity contribution in [1.82, 2.24) is 9.80 Å². The number of hydrogen-bond donors (Lipinski definition) is 0. The Morgan fingerprint density at radius 3 is 2.38 bits per heavy atom. The second-order valence-electron chi connectivity index (χ2n) is 6.36. The third-order valence-electron chi connectivity index (χ3n) is 4.40. The average Bonchev–Trinajstić information content (AvgIpc) is 3.13. The lowest BCUT2D eigenvalue weighted by Gasteiger charge is -2.30. The molecular weight excluding hydrogens is 351 g/mol. The molecule has 0 saturated heterocycles. The van der Waals surface area contributed by atoms with Gasteiger partial charge in [-0.1, -0.05) is 25.1 Å². The number of halogens is 1. The molecule has 4 nitrogen and oxygen atoms in total. The molecule has 26 heavy (non-hydrogen) atoms. The fourth-order valence-corrected chi connectivity index (χ4v) is 3.40. The maximum absolute atomic E-state index is 13.2. The van der Waals surface area contributed by atoms with Gasteiger partial charge in [-0.2, -0.15) is 0 Å². The van der Waals surface area contributed by atoms with E-state index in [-0.39, 0.29) is 30.2 Å². The Balaban J connectivity index is 2.16. The Morgan fingerprint density at radius 1 is 1.15 bits per heavy atom. The number of hydrogen-bond acceptors (Lipinski definition) is 3. The van der Waals surface area contributed by atoms with Crippen molar-refractivity contribution in [2.75, 3.05) is 6.54 Å². The number of amides is 2. The Morgan fingerprint density at radius 2 is 1.85 bits per heavy atom. The van der Waals surface area contributed by atoms with Gasteiger partial charge in [0.15, 0.2) is 0 Å². The van der Waals surface area contributed by atoms with Gasteiger partial charge in [-0.3, -0.25) is 9.59 Å². The van der Waals surface area contributed by atoms with Crippen molar-refractivity contribution in [2.45, 2.75) is 46.3 Å². The van der Waals surface area contributed by atoms with Crippen LogP contribution in [0.4, 0.5) is 4.39 Å². The van der Waals surface area contributed by atoms with Crippen molar-refractivity contribution in [3.05, 3.63) is 58.0 Å². The molecule has 0 aliphatic carbocycles. The molecule has 2 rings (SSSR count). The van der Waals surface area contributed by atoms with Crippen molar-refractivity contribution >= 4 is 23.2 Å². The zero-order valence-corrected chi connectivity index (χ0v) is 16.3. The van der Waals surface area contributed by atoms with E-state index >= 15 is 0 Å². The lowest BCUT2D eigenvalue weighted by molar-refractivity contribution is -0.141. The molecule has 0 unspecified atom stereocenters. The van der Waals surface area contributed by atoms with Gasteiger partial charge in [-0.05, 0) is 42.5 Å². The van der Waals surface area contributed by atoms with E-state index in [9.17, 15) is 14.0 Å². The molecule has 0 spiro atoms. The van der Waals surface area contributed by atoms with Gasteiger partial charge in [0.1, 0.15) is 5.82 Å². The molecule has 1 aromatic carbocycles. The van der Waals surface area contributed by atoms with E-state index in [0.29, 0.717) is 13.1 Å². The van der Waals surface area contributed by atoms with E-state index in [1.807, 2.05) is 31.4 Å². The van der Waals surface area contributed by atoms with Gasteiger partial charge in [0.25, 0.3) is 0 Å². The van der Waals surface area contributed by atoms with Gasteiger partial charge >= 0.3 is 0 Å². The molecule has 2 amide bonds. The monoisotopic (exact) mass is 376 g/mol. The summed E-state index contributed by atoms with van der Waals surface area (Å²) < 4.78 is 13.2. The third-order valence-corrected chi connectivity index (χ3v) is 5.26. The van der Waals surface area contributed by atoms with Crippen LogP contribution in [0.5, 0.6) is 0 Å². The zero-order chi connectivity index (χ0) is 19.1.